The molecule has 2 heterocycles. The van der Waals surface area contributed by atoms with Gasteiger partial charge in [-0.05, 0) is 18.2 Å². The van der Waals surface area contributed by atoms with Gasteiger partial charge in [0, 0.05) is 22.1 Å². The van der Waals surface area contributed by atoms with Crippen molar-refractivity contribution in [2.45, 2.75) is 0 Å². The van der Waals surface area contributed by atoms with E-state index in [0.717, 1.165) is 49.6 Å². The fraction of sp³-hybridized carbons (Fsp3) is 0. The third-order valence-electron chi connectivity index (χ3n) is 5.33. The minimum Gasteiger partial charge on any atom is -0.236 e. The number of thiazole rings is 1. The zero-order valence-corrected chi connectivity index (χ0v) is 17.4. The van der Waals surface area contributed by atoms with E-state index in [1.165, 1.54) is 4.70 Å². The second-order valence-corrected chi connectivity index (χ2v) is 8.37. The molecule has 0 aliphatic carbocycles. The van der Waals surface area contributed by atoms with Crippen LogP contribution in [0, 0.1) is 0 Å². The Bertz CT molecular complexity index is 1490. The van der Waals surface area contributed by atoms with Gasteiger partial charge >= 0.3 is 0 Å². The maximum atomic E-state index is 4.95. The summed E-state index contributed by atoms with van der Waals surface area (Å²) >= 11 is 1.72. The first-order valence-electron chi connectivity index (χ1n) is 10.1. The summed E-state index contributed by atoms with van der Waals surface area (Å²) in [5, 5.41) is 2.08. The molecule has 6 aromatic rings. The van der Waals surface area contributed by atoms with Crippen molar-refractivity contribution in [3.63, 3.8) is 0 Å². The summed E-state index contributed by atoms with van der Waals surface area (Å²) in [7, 11) is 0. The summed E-state index contributed by atoms with van der Waals surface area (Å²) in [4.78, 5) is 14.5. The third kappa shape index (κ3) is 3.27. The fourth-order valence-corrected chi connectivity index (χ4v) is 4.75. The number of nitrogens with zero attached hydrogens (tertiary/aromatic N) is 3. The van der Waals surface area contributed by atoms with Crippen LogP contribution in [0.25, 0.3) is 54.3 Å². The number of aromatic nitrogens is 3. The van der Waals surface area contributed by atoms with Crippen molar-refractivity contribution >= 4 is 32.5 Å². The fourth-order valence-electron chi connectivity index (χ4n) is 3.78. The molecule has 6 rings (SSSR count). The van der Waals surface area contributed by atoms with Crippen LogP contribution in [-0.4, -0.2) is 15.0 Å². The first-order valence-corrected chi connectivity index (χ1v) is 11.0. The van der Waals surface area contributed by atoms with Gasteiger partial charge in [0.15, 0.2) is 5.82 Å². The largest absolute Gasteiger partial charge is 0.236 e. The molecule has 0 amide bonds. The molecular weight excluding hydrogens is 398 g/mol. The van der Waals surface area contributed by atoms with Gasteiger partial charge in [-0.25, -0.2) is 15.0 Å². The number of benzene rings is 4. The molecule has 2 aromatic heterocycles. The van der Waals surface area contributed by atoms with E-state index in [1.54, 1.807) is 11.3 Å². The zero-order valence-electron chi connectivity index (χ0n) is 16.6. The Morgan fingerprint density at radius 2 is 1.16 bits per heavy atom. The smallest absolute Gasteiger partial charge is 0.160 e. The first kappa shape index (κ1) is 17.9. The molecule has 3 nitrogen and oxygen atoms in total. The van der Waals surface area contributed by atoms with E-state index < -0.39 is 0 Å². The van der Waals surface area contributed by atoms with Crippen LogP contribution in [0.3, 0.4) is 0 Å². The van der Waals surface area contributed by atoms with Crippen molar-refractivity contribution in [2.75, 3.05) is 0 Å². The van der Waals surface area contributed by atoms with Gasteiger partial charge in [-0.1, -0.05) is 84.9 Å². The van der Waals surface area contributed by atoms with E-state index >= 15 is 0 Å². The molecule has 0 fully saturated rings. The van der Waals surface area contributed by atoms with Crippen LogP contribution in [0.4, 0.5) is 0 Å². The highest BCUT2D eigenvalue weighted by Crippen LogP contribution is 2.33. The van der Waals surface area contributed by atoms with E-state index in [2.05, 4.69) is 48.5 Å². The molecule has 0 aliphatic heterocycles. The van der Waals surface area contributed by atoms with Crippen LogP contribution < -0.4 is 0 Å². The Labute approximate surface area is 183 Å². The van der Waals surface area contributed by atoms with Crippen LogP contribution in [0.2, 0.25) is 0 Å². The van der Waals surface area contributed by atoms with Gasteiger partial charge < -0.3 is 0 Å². The summed E-state index contributed by atoms with van der Waals surface area (Å²) in [5.41, 5.74) is 6.13. The van der Waals surface area contributed by atoms with Crippen molar-refractivity contribution in [1.82, 2.24) is 15.0 Å². The van der Waals surface area contributed by atoms with E-state index in [4.69, 9.17) is 15.0 Å². The quantitative estimate of drug-likeness (QED) is 0.306. The van der Waals surface area contributed by atoms with Crippen LogP contribution in [-0.2, 0) is 0 Å². The topological polar surface area (TPSA) is 38.7 Å². The van der Waals surface area contributed by atoms with Gasteiger partial charge in [-0.2, -0.15) is 0 Å². The minimum absolute atomic E-state index is 0.740. The second kappa shape index (κ2) is 7.42. The molecule has 146 valence electrons. The zero-order chi connectivity index (χ0) is 20.6. The highest BCUT2D eigenvalue weighted by Gasteiger charge is 2.12. The molecule has 0 unspecified atom stereocenters. The number of rotatable bonds is 3. The number of hydrogen-bond donors (Lipinski definition) is 0. The van der Waals surface area contributed by atoms with E-state index in [9.17, 15) is 0 Å². The van der Waals surface area contributed by atoms with Crippen molar-refractivity contribution < 1.29 is 0 Å². The maximum absolute atomic E-state index is 4.95. The molecule has 0 atom stereocenters. The highest BCUT2D eigenvalue weighted by atomic mass is 32.1. The van der Waals surface area contributed by atoms with Crippen LogP contribution in [0.5, 0.6) is 0 Å². The predicted molar refractivity (Wildman–Crippen MR) is 129 cm³/mol. The van der Waals surface area contributed by atoms with Crippen molar-refractivity contribution in [3.8, 4) is 33.2 Å². The molecule has 0 saturated carbocycles. The molecule has 0 bridgehead atoms. The number of fused-ring (bicyclic) bond motifs is 2. The molecule has 0 saturated heterocycles. The van der Waals surface area contributed by atoms with E-state index in [0.29, 0.717) is 0 Å². The van der Waals surface area contributed by atoms with Gasteiger partial charge in [0.05, 0.1) is 21.4 Å². The van der Waals surface area contributed by atoms with Gasteiger partial charge in [0.25, 0.3) is 0 Å². The van der Waals surface area contributed by atoms with Crippen LogP contribution in [0.15, 0.2) is 103 Å². The lowest BCUT2D eigenvalue weighted by atomic mass is 10.0. The lowest BCUT2D eigenvalue weighted by molar-refractivity contribution is 1.23. The average Bonchev–Trinajstić information content (AvgIpc) is 3.28. The minimum atomic E-state index is 0.740. The maximum Gasteiger partial charge on any atom is 0.160 e. The molecule has 0 N–H and O–H groups in total. The Morgan fingerprint density at radius 1 is 0.484 bits per heavy atom. The van der Waals surface area contributed by atoms with Crippen molar-refractivity contribution in [2.24, 2.45) is 0 Å². The summed E-state index contributed by atoms with van der Waals surface area (Å²) < 4.78 is 1.20. The van der Waals surface area contributed by atoms with Crippen molar-refractivity contribution in [1.29, 1.82) is 0 Å². The van der Waals surface area contributed by atoms with Gasteiger partial charge in [-0.15, -0.1) is 11.3 Å². The Kier molecular flexibility index (Phi) is 4.29. The molecule has 0 spiro atoms. The number of hydrogen-bond acceptors (Lipinski definition) is 4. The summed E-state index contributed by atoms with van der Waals surface area (Å²) in [5.74, 6) is 0.740. The predicted octanol–water partition coefficient (Wildman–Crippen LogP) is 7.24. The summed E-state index contributed by atoms with van der Waals surface area (Å²) in [6.45, 7) is 0. The molecule has 0 radical (unpaired) electrons. The SMILES string of the molecule is c1ccc(-c2nc(-c3ccc(-c4nc5ccccc5s4)cc3)c3ccccc3n2)cc1. The van der Waals surface area contributed by atoms with Crippen LogP contribution in [0.1, 0.15) is 0 Å². The molecular formula is C27H17N3S. The lowest BCUT2D eigenvalue weighted by Crippen LogP contribution is -1.95. The van der Waals surface area contributed by atoms with E-state index in [-0.39, 0.29) is 0 Å². The molecule has 4 aromatic carbocycles. The molecule has 4 heteroatoms. The lowest BCUT2D eigenvalue weighted by Gasteiger charge is -2.09. The summed E-state index contributed by atoms with van der Waals surface area (Å²) in [6.07, 6.45) is 0. The van der Waals surface area contributed by atoms with Crippen molar-refractivity contribution in [3.05, 3.63) is 103 Å². The highest BCUT2D eigenvalue weighted by molar-refractivity contribution is 7.21. The molecule has 31 heavy (non-hydrogen) atoms. The average molecular weight is 416 g/mol. The molecule has 0 aliphatic rings. The van der Waals surface area contributed by atoms with E-state index in [1.807, 2.05) is 54.6 Å². The third-order valence-corrected chi connectivity index (χ3v) is 6.42. The monoisotopic (exact) mass is 415 g/mol. The van der Waals surface area contributed by atoms with Gasteiger partial charge in [0.2, 0.25) is 0 Å². The summed E-state index contributed by atoms with van der Waals surface area (Å²) in [6, 6.07) is 35.1. The Morgan fingerprint density at radius 3 is 1.97 bits per heavy atom. The second-order valence-electron chi connectivity index (χ2n) is 7.34. The standard InChI is InChI=1S/C27H17N3S/c1-2-8-19(9-3-1)26-28-22-11-5-4-10-21(22)25(30-26)18-14-16-20(17-15-18)27-29-23-12-6-7-13-24(23)31-27/h1-17H. The normalized spacial score (nSPS) is 11.2. The Hall–Kier alpha value is -3.89. The number of para-hydroxylation sites is 2. The Balaban J connectivity index is 1.47. The van der Waals surface area contributed by atoms with Crippen LogP contribution >= 0.6 is 11.3 Å². The first-order chi connectivity index (χ1) is 15.3. The van der Waals surface area contributed by atoms with Gasteiger partial charge in [0.1, 0.15) is 5.01 Å². The van der Waals surface area contributed by atoms with Gasteiger partial charge in [-0.3, -0.25) is 0 Å².